The summed E-state index contributed by atoms with van der Waals surface area (Å²) in [6.45, 7) is 0.781. The molecule has 2 bridgehead atoms. The van der Waals surface area contributed by atoms with E-state index in [-0.39, 0.29) is 11.5 Å². The first-order valence-electron chi connectivity index (χ1n) is 7.08. The number of hydrogen-bond acceptors (Lipinski definition) is 2. The van der Waals surface area contributed by atoms with E-state index in [1.807, 2.05) is 0 Å². The Bertz CT molecular complexity index is 549. The van der Waals surface area contributed by atoms with Gasteiger partial charge in [0.05, 0.1) is 5.56 Å². The molecule has 0 saturated heterocycles. The van der Waals surface area contributed by atoms with E-state index in [4.69, 9.17) is 0 Å². The molecule has 2 aliphatic carbocycles. The SMILES string of the molecule is Cn1cc(C(=O)NCC2CC3CCC2C3)ccc1=O. The van der Waals surface area contributed by atoms with Gasteiger partial charge in [0.2, 0.25) is 5.56 Å². The van der Waals surface area contributed by atoms with Gasteiger partial charge in [0.25, 0.3) is 5.91 Å². The van der Waals surface area contributed by atoms with E-state index in [0.717, 1.165) is 18.4 Å². The smallest absolute Gasteiger partial charge is 0.252 e. The van der Waals surface area contributed by atoms with Crippen molar-refractivity contribution in [3.05, 3.63) is 34.2 Å². The standard InChI is InChI=1S/C15H20N2O2/c1-17-9-12(4-5-14(17)18)15(19)16-8-13-7-10-2-3-11(13)6-10/h4-5,9-11,13H,2-3,6-8H2,1H3,(H,16,19). The van der Waals surface area contributed by atoms with Crippen LogP contribution >= 0.6 is 0 Å². The predicted octanol–water partition coefficient (Wildman–Crippen LogP) is 1.55. The number of pyridine rings is 1. The number of aromatic nitrogens is 1. The van der Waals surface area contributed by atoms with Crippen molar-refractivity contribution in [1.29, 1.82) is 0 Å². The van der Waals surface area contributed by atoms with Gasteiger partial charge in [-0.1, -0.05) is 6.42 Å². The molecule has 1 amide bonds. The minimum absolute atomic E-state index is 0.0710. The topological polar surface area (TPSA) is 51.1 Å². The quantitative estimate of drug-likeness (QED) is 0.896. The summed E-state index contributed by atoms with van der Waals surface area (Å²) in [5.74, 6) is 2.32. The van der Waals surface area contributed by atoms with Gasteiger partial charge in [-0.05, 0) is 43.1 Å². The highest BCUT2D eigenvalue weighted by atomic mass is 16.2. The summed E-state index contributed by atoms with van der Waals surface area (Å²) in [6, 6.07) is 3.03. The Balaban J connectivity index is 1.59. The van der Waals surface area contributed by atoms with Gasteiger partial charge < -0.3 is 9.88 Å². The van der Waals surface area contributed by atoms with Crippen molar-refractivity contribution in [3.63, 3.8) is 0 Å². The first-order valence-corrected chi connectivity index (χ1v) is 7.08. The van der Waals surface area contributed by atoms with Crippen molar-refractivity contribution >= 4 is 5.91 Å². The van der Waals surface area contributed by atoms with Crippen molar-refractivity contribution < 1.29 is 4.79 Å². The van der Waals surface area contributed by atoms with Crippen LogP contribution < -0.4 is 10.9 Å². The fourth-order valence-corrected chi connectivity index (χ4v) is 3.68. The predicted molar refractivity (Wildman–Crippen MR) is 73.0 cm³/mol. The zero-order chi connectivity index (χ0) is 13.4. The molecule has 2 aliphatic rings. The van der Waals surface area contributed by atoms with Gasteiger partial charge in [-0.2, -0.15) is 0 Å². The fraction of sp³-hybridized carbons (Fsp3) is 0.600. The van der Waals surface area contributed by atoms with Crippen LogP contribution in [0.2, 0.25) is 0 Å². The molecule has 1 heterocycles. The zero-order valence-corrected chi connectivity index (χ0v) is 11.3. The molecule has 3 rings (SSSR count). The number of amides is 1. The average molecular weight is 260 g/mol. The molecule has 19 heavy (non-hydrogen) atoms. The first-order chi connectivity index (χ1) is 9.13. The molecule has 2 fully saturated rings. The summed E-state index contributed by atoms with van der Waals surface area (Å²) in [5, 5.41) is 3.02. The monoisotopic (exact) mass is 260 g/mol. The normalized spacial score (nSPS) is 28.6. The van der Waals surface area contributed by atoms with Crippen LogP contribution in [0.25, 0.3) is 0 Å². The Morgan fingerprint density at radius 2 is 2.21 bits per heavy atom. The molecule has 2 saturated carbocycles. The Morgan fingerprint density at radius 3 is 2.84 bits per heavy atom. The van der Waals surface area contributed by atoms with Crippen LogP contribution in [-0.2, 0) is 7.05 Å². The number of hydrogen-bond donors (Lipinski definition) is 1. The van der Waals surface area contributed by atoms with Crippen LogP contribution in [0.1, 0.15) is 36.0 Å². The second-order valence-electron chi connectivity index (χ2n) is 6.01. The maximum Gasteiger partial charge on any atom is 0.252 e. The number of carbonyl (C=O) groups excluding carboxylic acids is 1. The molecule has 1 aromatic rings. The number of fused-ring (bicyclic) bond motifs is 2. The maximum absolute atomic E-state index is 12.0. The molecular weight excluding hydrogens is 240 g/mol. The van der Waals surface area contributed by atoms with Gasteiger partial charge in [-0.25, -0.2) is 0 Å². The summed E-state index contributed by atoms with van der Waals surface area (Å²) in [6.07, 6.45) is 6.96. The number of rotatable bonds is 3. The lowest BCUT2D eigenvalue weighted by molar-refractivity contribution is 0.0941. The Kier molecular flexibility index (Phi) is 3.17. The summed E-state index contributed by atoms with van der Waals surface area (Å²) in [4.78, 5) is 23.3. The third-order valence-electron chi connectivity index (χ3n) is 4.76. The van der Waals surface area contributed by atoms with Crippen molar-refractivity contribution in [1.82, 2.24) is 9.88 Å². The number of aryl methyl sites for hydroxylation is 1. The first kappa shape index (κ1) is 12.5. The Labute approximate surface area is 112 Å². The van der Waals surface area contributed by atoms with E-state index < -0.39 is 0 Å². The van der Waals surface area contributed by atoms with E-state index >= 15 is 0 Å². The van der Waals surface area contributed by atoms with Crippen molar-refractivity contribution in [3.8, 4) is 0 Å². The summed E-state index contributed by atoms with van der Waals surface area (Å²) in [5.41, 5.74) is 0.468. The van der Waals surface area contributed by atoms with Crippen molar-refractivity contribution in [2.45, 2.75) is 25.7 Å². The third-order valence-corrected chi connectivity index (χ3v) is 4.76. The highest BCUT2D eigenvalue weighted by Gasteiger charge is 2.39. The third kappa shape index (κ3) is 2.44. The van der Waals surface area contributed by atoms with Gasteiger partial charge in [-0.15, -0.1) is 0 Å². The van der Waals surface area contributed by atoms with Gasteiger partial charge in [0, 0.05) is 25.9 Å². The molecule has 4 nitrogen and oxygen atoms in total. The lowest BCUT2D eigenvalue weighted by atomic mass is 9.89. The molecule has 0 aliphatic heterocycles. The van der Waals surface area contributed by atoms with Crippen LogP contribution in [0, 0.1) is 17.8 Å². The number of carbonyl (C=O) groups is 1. The largest absolute Gasteiger partial charge is 0.352 e. The summed E-state index contributed by atoms with van der Waals surface area (Å²) in [7, 11) is 1.66. The molecule has 4 heteroatoms. The molecule has 0 radical (unpaired) electrons. The van der Waals surface area contributed by atoms with E-state index in [1.165, 1.54) is 36.3 Å². The molecule has 1 N–H and O–H groups in total. The van der Waals surface area contributed by atoms with Gasteiger partial charge in [0.15, 0.2) is 0 Å². The van der Waals surface area contributed by atoms with E-state index in [9.17, 15) is 9.59 Å². The maximum atomic E-state index is 12.0. The van der Waals surface area contributed by atoms with Gasteiger partial charge in [-0.3, -0.25) is 9.59 Å². The number of nitrogens with zero attached hydrogens (tertiary/aromatic N) is 1. The van der Waals surface area contributed by atoms with Gasteiger partial charge in [0.1, 0.15) is 0 Å². The molecule has 0 spiro atoms. The van der Waals surface area contributed by atoms with Crippen molar-refractivity contribution in [2.24, 2.45) is 24.8 Å². The van der Waals surface area contributed by atoms with Crippen LogP contribution in [0.15, 0.2) is 23.1 Å². The van der Waals surface area contributed by atoms with Gasteiger partial charge >= 0.3 is 0 Å². The lowest BCUT2D eigenvalue weighted by Crippen LogP contribution is -2.32. The van der Waals surface area contributed by atoms with Crippen LogP contribution in [-0.4, -0.2) is 17.0 Å². The van der Waals surface area contributed by atoms with E-state index in [1.54, 1.807) is 19.3 Å². The molecule has 3 atom stereocenters. The molecule has 3 unspecified atom stereocenters. The second kappa shape index (κ2) is 4.83. The second-order valence-corrected chi connectivity index (χ2v) is 6.01. The van der Waals surface area contributed by atoms with Crippen LogP contribution in [0.5, 0.6) is 0 Å². The minimum atomic E-state index is -0.0929. The molecule has 1 aromatic heterocycles. The summed E-state index contributed by atoms with van der Waals surface area (Å²) < 4.78 is 1.44. The van der Waals surface area contributed by atoms with E-state index in [0.29, 0.717) is 11.5 Å². The zero-order valence-electron chi connectivity index (χ0n) is 11.3. The molecular formula is C15H20N2O2. The number of nitrogens with one attached hydrogen (secondary N) is 1. The molecule has 102 valence electrons. The lowest BCUT2D eigenvalue weighted by Gasteiger charge is -2.21. The van der Waals surface area contributed by atoms with Crippen molar-refractivity contribution in [2.75, 3.05) is 6.54 Å². The summed E-state index contributed by atoms with van der Waals surface area (Å²) >= 11 is 0. The fourth-order valence-electron chi connectivity index (χ4n) is 3.68. The highest BCUT2D eigenvalue weighted by molar-refractivity contribution is 5.93. The van der Waals surface area contributed by atoms with E-state index in [2.05, 4.69) is 5.32 Å². The van der Waals surface area contributed by atoms with Crippen LogP contribution in [0.4, 0.5) is 0 Å². The molecule has 0 aromatic carbocycles. The Hall–Kier alpha value is -1.58. The minimum Gasteiger partial charge on any atom is -0.352 e. The Morgan fingerprint density at radius 1 is 1.37 bits per heavy atom. The average Bonchev–Trinajstić information content (AvgIpc) is 3.01. The highest BCUT2D eigenvalue weighted by Crippen LogP contribution is 2.47. The van der Waals surface area contributed by atoms with Crippen LogP contribution in [0.3, 0.4) is 0 Å².